The van der Waals surface area contributed by atoms with Gasteiger partial charge in [0.05, 0.1) is 12.3 Å². The van der Waals surface area contributed by atoms with Crippen molar-refractivity contribution in [3.8, 4) is 11.4 Å². The summed E-state index contributed by atoms with van der Waals surface area (Å²) in [6.07, 6.45) is 4.03. The van der Waals surface area contributed by atoms with Gasteiger partial charge in [-0.1, -0.05) is 0 Å². The molecule has 0 fully saturated rings. The van der Waals surface area contributed by atoms with E-state index in [1.807, 2.05) is 24.3 Å². The highest BCUT2D eigenvalue weighted by molar-refractivity contribution is 5.94. The summed E-state index contributed by atoms with van der Waals surface area (Å²) in [5, 5.41) is 6.91. The van der Waals surface area contributed by atoms with Crippen molar-refractivity contribution >= 4 is 17.4 Å². The lowest BCUT2D eigenvalue weighted by Crippen LogP contribution is -2.12. The van der Waals surface area contributed by atoms with Crippen LogP contribution in [0.3, 0.4) is 0 Å². The largest absolute Gasteiger partial charge is 0.494 e. The lowest BCUT2D eigenvalue weighted by Gasteiger charge is -2.08. The average molecular weight is 364 g/mol. The molecule has 2 aromatic carbocycles. The molecule has 0 aliphatic heterocycles. The molecule has 0 atom stereocenters. The molecule has 0 saturated heterocycles. The predicted octanol–water partition coefficient (Wildman–Crippen LogP) is 3.27. The molecule has 27 heavy (non-hydrogen) atoms. The number of benzene rings is 2. The molecule has 3 aromatic rings. The minimum atomic E-state index is -0.0703. The zero-order chi connectivity index (χ0) is 19.1. The molecule has 138 valence electrons. The van der Waals surface area contributed by atoms with Gasteiger partial charge in [0.2, 0.25) is 5.91 Å². The number of hydrogen-bond acceptors (Lipinski definition) is 5. The van der Waals surface area contributed by atoms with E-state index in [1.54, 1.807) is 35.3 Å². The maximum Gasteiger partial charge on any atom is 0.224 e. The SMILES string of the molecule is CC(=O)c1ccc(OCCCC(=O)Nc2ccc(-n3cncn3)cc2)cc1. The van der Waals surface area contributed by atoms with Crippen LogP contribution in [0.1, 0.15) is 30.1 Å². The molecule has 0 bridgehead atoms. The Morgan fingerprint density at radius 3 is 2.44 bits per heavy atom. The Morgan fingerprint density at radius 2 is 1.81 bits per heavy atom. The second kappa shape index (κ2) is 8.75. The monoisotopic (exact) mass is 364 g/mol. The molecule has 0 aliphatic rings. The van der Waals surface area contributed by atoms with Gasteiger partial charge < -0.3 is 10.1 Å². The molecule has 1 N–H and O–H groups in total. The molecule has 0 unspecified atom stereocenters. The third-order valence-electron chi connectivity index (χ3n) is 3.91. The fraction of sp³-hybridized carbons (Fsp3) is 0.200. The van der Waals surface area contributed by atoms with Crippen molar-refractivity contribution in [2.24, 2.45) is 0 Å². The summed E-state index contributed by atoms with van der Waals surface area (Å²) in [4.78, 5) is 27.2. The van der Waals surface area contributed by atoms with Crippen LogP contribution in [0.2, 0.25) is 0 Å². The van der Waals surface area contributed by atoms with Crippen LogP contribution in [0.4, 0.5) is 5.69 Å². The zero-order valence-electron chi connectivity index (χ0n) is 15.0. The molecule has 0 spiro atoms. The average Bonchev–Trinajstić information content (AvgIpc) is 3.21. The van der Waals surface area contributed by atoms with Gasteiger partial charge in [-0.05, 0) is 61.9 Å². The Hall–Kier alpha value is -3.48. The zero-order valence-corrected chi connectivity index (χ0v) is 15.0. The molecule has 0 radical (unpaired) electrons. The van der Waals surface area contributed by atoms with Gasteiger partial charge in [0.25, 0.3) is 0 Å². The number of nitrogens with zero attached hydrogens (tertiary/aromatic N) is 3. The quantitative estimate of drug-likeness (QED) is 0.490. The van der Waals surface area contributed by atoms with E-state index in [-0.39, 0.29) is 11.7 Å². The van der Waals surface area contributed by atoms with Gasteiger partial charge >= 0.3 is 0 Å². The minimum absolute atomic E-state index is 0.0209. The topological polar surface area (TPSA) is 86.1 Å². The second-order valence-corrected chi connectivity index (χ2v) is 5.97. The molecule has 0 saturated carbocycles. The molecule has 3 rings (SSSR count). The van der Waals surface area contributed by atoms with Crippen molar-refractivity contribution in [3.05, 3.63) is 66.7 Å². The van der Waals surface area contributed by atoms with Crippen LogP contribution in [0, 0.1) is 0 Å². The van der Waals surface area contributed by atoms with Crippen molar-refractivity contribution in [2.75, 3.05) is 11.9 Å². The summed E-state index contributed by atoms with van der Waals surface area (Å²) in [7, 11) is 0. The second-order valence-electron chi connectivity index (χ2n) is 5.97. The van der Waals surface area contributed by atoms with E-state index >= 15 is 0 Å². The summed E-state index contributed by atoms with van der Waals surface area (Å²) in [5.41, 5.74) is 2.25. The third kappa shape index (κ3) is 5.24. The Balaban J connectivity index is 1.40. The molecule has 7 heteroatoms. The molecule has 1 aromatic heterocycles. The Kier molecular flexibility index (Phi) is 5.94. The number of Topliss-reactive ketones (excluding diaryl/α,β-unsaturated/α-hetero) is 1. The molecular formula is C20H20N4O3. The standard InChI is InChI=1S/C20H20N4O3/c1-15(25)16-4-10-19(11-5-16)27-12-2-3-20(26)23-17-6-8-18(9-7-17)24-14-21-13-22-24/h4-11,13-14H,2-3,12H2,1H3,(H,23,26). The van der Waals surface area contributed by atoms with E-state index < -0.39 is 0 Å². The Bertz CT molecular complexity index is 888. The van der Waals surface area contributed by atoms with Crippen LogP contribution in [0.25, 0.3) is 5.69 Å². The van der Waals surface area contributed by atoms with Crippen molar-refractivity contribution in [2.45, 2.75) is 19.8 Å². The first-order valence-electron chi connectivity index (χ1n) is 8.60. The van der Waals surface area contributed by atoms with E-state index in [2.05, 4.69) is 15.4 Å². The van der Waals surface area contributed by atoms with Crippen molar-refractivity contribution in [1.82, 2.24) is 14.8 Å². The lowest BCUT2D eigenvalue weighted by atomic mass is 10.1. The maximum absolute atomic E-state index is 12.0. The first kappa shape index (κ1) is 18.3. The highest BCUT2D eigenvalue weighted by atomic mass is 16.5. The molecule has 7 nitrogen and oxygen atoms in total. The summed E-state index contributed by atoms with van der Waals surface area (Å²) in [6, 6.07) is 14.3. The van der Waals surface area contributed by atoms with Crippen LogP contribution in [0.5, 0.6) is 5.75 Å². The first-order chi connectivity index (χ1) is 13.1. The number of anilines is 1. The number of amides is 1. The number of carbonyl (C=O) groups excluding carboxylic acids is 2. The minimum Gasteiger partial charge on any atom is -0.494 e. The first-order valence-corrected chi connectivity index (χ1v) is 8.60. The highest BCUT2D eigenvalue weighted by Crippen LogP contribution is 2.14. The molecule has 1 heterocycles. The van der Waals surface area contributed by atoms with Gasteiger partial charge in [-0.3, -0.25) is 9.59 Å². The van der Waals surface area contributed by atoms with Gasteiger partial charge in [-0.2, -0.15) is 5.10 Å². The number of rotatable bonds is 8. The normalized spacial score (nSPS) is 10.4. The predicted molar refractivity (Wildman–Crippen MR) is 101 cm³/mol. The Labute approximate surface area is 157 Å². The van der Waals surface area contributed by atoms with E-state index in [0.717, 1.165) is 11.4 Å². The van der Waals surface area contributed by atoms with Gasteiger partial charge in [-0.25, -0.2) is 9.67 Å². The van der Waals surface area contributed by atoms with Gasteiger partial charge in [0, 0.05) is 17.7 Å². The van der Waals surface area contributed by atoms with Crippen LogP contribution in [-0.4, -0.2) is 33.1 Å². The summed E-state index contributed by atoms with van der Waals surface area (Å²) in [6.45, 7) is 1.95. The van der Waals surface area contributed by atoms with Crippen molar-refractivity contribution < 1.29 is 14.3 Å². The Morgan fingerprint density at radius 1 is 1.07 bits per heavy atom. The summed E-state index contributed by atoms with van der Waals surface area (Å²) >= 11 is 0. The van der Waals surface area contributed by atoms with Crippen LogP contribution < -0.4 is 10.1 Å². The molecular weight excluding hydrogens is 344 g/mol. The third-order valence-corrected chi connectivity index (χ3v) is 3.91. The van der Waals surface area contributed by atoms with E-state index in [9.17, 15) is 9.59 Å². The van der Waals surface area contributed by atoms with Gasteiger partial charge in [0.15, 0.2) is 5.78 Å². The fourth-order valence-corrected chi connectivity index (χ4v) is 2.47. The van der Waals surface area contributed by atoms with Gasteiger partial charge in [0.1, 0.15) is 18.4 Å². The van der Waals surface area contributed by atoms with Crippen LogP contribution in [-0.2, 0) is 4.79 Å². The smallest absolute Gasteiger partial charge is 0.224 e. The summed E-state index contributed by atoms with van der Waals surface area (Å²) in [5.74, 6) is 0.635. The molecule has 0 aliphatic carbocycles. The maximum atomic E-state index is 12.0. The lowest BCUT2D eigenvalue weighted by molar-refractivity contribution is -0.116. The van der Waals surface area contributed by atoms with E-state index in [0.29, 0.717) is 30.8 Å². The van der Waals surface area contributed by atoms with E-state index in [4.69, 9.17) is 4.74 Å². The number of nitrogens with one attached hydrogen (secondary N) is 1. The number of aromatic nitrogens is 3. The van der Waals surface area contributed by atoms with Crippen LogP contribution >= 0.6 is 0 Å². The van der Waals surface area contributed by atoms with Gasteiger partial charge in [-0.15, -0.1) is 0 Å². The number of carbonyl (C=O) groups is 2. The van der Waals surface area contributed by atoms with E-state index in [1.165, 1.54) is 13.3 Å². The molecule has 1 amide bonds. The highest BCUT2D eigenvalue weighted by Gasteiger charge is 2.04. The number of ether oxygens (including phenoxy) is 1. The number of hydrogen-bond donors (Lipinski definition) is 1. The van der Waals surface area contributed by atoms with Crippen molar-refractivity contribution in [1.29, 1.82) is 0 Å². The van der Waals surface area contributed by atoms with Crippen molar-refractivity contribution in [3.63, 3.8) is 0 Å². The number of ketones is 1. The fourth-order valence-electron chi connectivity index (χ4n) is 2.47. The summed E-state index contributed by atoms with van der Waals surface area (Å²) < 4.78 is 7.24. The van der Waals surface area contributed by atoms with Crippen LogP contribution in [0.15, 0.2) is 61.2 Å².